The fraction of sp³-hybridized carbons (Fsp3) is 0.538. The van der Waals surface area contributed by atoms with E-state index in [4.69, 9.17) is 14.6 Å². The minimum Gasteiger partial charge on any atom is -0.398 e. The van der Waals surface area contributed by atoms with Gasteiger partial charge in [0.05, 0.1) is 23.7 Å². The smallest absolute Gasteiger partial charge is 0.398 e. The van der Waals surface area contributed by atoms with E-state index < -0.39 is 18.3 Å². The first-order valence-electron chi connectivity index (χ1n) is 6.21. The van der Waals surface area contributed by atoms with Gasteiger partial charge >= 0.3 is 7.12 Å². The Hall–Kier alpha value is -1.58. The molecule has 5 nitrogen and oxygen atoms in total. The molecule has 0 bridgehead atoms. The van der Waals surface area contributed by atoms with E-state index in [0.29, 0.717) is 11.3 Å². The summed E-state index contributed by atoms with van der Waals surface area (Å²) in [6.45, 7) is 7.79. The van der Waals surface area contributed by atoms with Gasteiger partial charge < -0.3 is 14.3 Å². The number of nitriles is 1. The fourth-order valence-electron chi connectivity index (χ4n) is 1.90. The molecule has 1 saturated heterocycles. The molecule has 0 amide bonds. The summed E-state index contributed by atoms with van der Waals surface area (Å²) in [6, 6.07) is 4.87. The van der Waals surface area contributed by atoms with Crippen molar-refractivity contribution in [2.45, 2.75) is 45.3 Å². The molecular weight excluding hydrogens is 243 g/mol. The summed E-state index contributed by atoms with van der Waals surface area (Å²) >= 11 is 0. The summed E-state index contributed by atoms with van der Waals surface area (Å²) in [5.41, 5.74) is 0.0457. The van der Waals surface area contributed by atoms with Gasteiger partial charge in [-0.25, -0.2) is 0 Å². The quantitative estimate of drug-likeness (QED) is 0.796. The van der Waals surface area contributed by atoms with Crippen LogP contribution in [0.1, 0.15) is 33.4 Å². The highest BCUT2D eigenvalue weighted by Gasteiger charge is 2.52. The molecule has 1 aliphatic heterocycles. The Morgan fingerprint density at radius 1 is 1.26 bits per heavy atom. The first kappa shape index (κ1) is 13.8. The number of aromatic amines is 1. The zero-order valence-corrected chi connectivity index (χ0v) is 11.6. The van der Waals surface area contributed by atoms with Gasteiger partial charge in [0.25, 0.3) is 0 Å². The van der Waals surface area contributed by atoms with Gasteiger partial charge in [-0.1, -0.05) is 0 Å². The van der Waals surface area contributed by atoms with Crippen molar-refractivity contribution < 1.29 is 9.31 Å². The molecule has 0 atom stereocenters. The molecule has 2 heterocycles. The minimum absolute atomic E-state index is 0.155. The van der Waals surface area contributed by atoms with Crippen LogP contribution < -0.4 is 11.0 Å². The van der Waals surface area contributed by atoms with Crippen LogP contribution in [-0.2, 0) is 15.7 Å². The molecule has 6 heteroatoms. The summed E-state index contributed by atoms with van der Waals surface area (Å²) < 4.78 is 11.7. The standard InChI is InChI=1S/C13H17BN2O3/c1-12(2)13(3,4)19-14(18-12)11-8-10(17)7-9(16-11)5-6-15/h7-8H,5H2,1-4H3,(H,16,17). The number of H-pyrrole nitrogens is 1. The average Bonchev–Trinajstić information content (AvgIpc) is 2.48. The number of rotatable bonds is 2. The van der Waals surface area contributed by atoms with Gasteiger partial charge in [-0.05, 0) is 27.7 Å². The van der Waals surface area contributed by atoms with Crippen LogP contribution in [0.4, 0.5) is 0 Å². The molecule has 0 aromatic carbocycles. The summed E-state index contributed by atoms with van der Waals surface area (Å²) in [6.07, 6.45) is 0.155. The number of hydrogen-bond acceptors (Lipinski definition) is 4. The molecule has 0 unspecified atom stereocenters. The van der Waals surface area contributed by atoms with Crippen LogP contribution in [0.2, 0.25) is 0 Å². The van der Waals surface area contributed by atoms with Crippen LogP contribution in [0.5, 0.6) is 0 Å². The molecule has 1 aliphatic rings. The maximum atomic E-state index is 11.6. The van der Waals surface area contributed by atoms with Gasteiger partial charge in [-0.15, -0.1) is 0 Å². The molecule has 100 valence electrons. The van der Waals surface area contributed by atoms with E-state index in [1.54, 1.807) is 0 Å². The third-order valence-corrected chi connectivity index (χ3v) is 3.70. The second-order valence-corrected chi connectivity index (χ2v) is 5.72. The second kappa shape index (κ2) is 4.51. The van der Waals surface area contributed by atoms with Crippen molar-refractivity contribution in [1.29, 1.82) is 5.26 Å². The van der Waals surface area contributed by atoms with Crippen molar-refractivity contribution in [3.63, 3.8) is 0 Å². The van der Waals surface area contributed by atoms with Gasteiger partial charge in [0.1, 0.15) is 0 Å². The van der Waals surface area contributed by atoms with E-state index in [9.17, 15) is 4.79 Å². The van der Waals surface area contributed by atoms with Crippen molar-refractivity contribution in [2.24, 2.45) is 0 Å². The van der Waals surface area contributed by atoms with Crippen molar-refractivity contribution in [3.8, 4) is 6.07 Å². The maximum Gasteiger partial charge on any atom is 0.512 e. The lowest BCUT2D eigenvalue weighted by Gasteiger charge is -2.32. The maximum absolute atomic E-state index is 11.6. The molecule has 0 saturated carbocycles. The highest BCUT2D eigenvalue weighted by molar-refractivity contribution is 6.61. The van der Waals surface area contributed by atoms with Crippen LogP contribution in [-0.4, -0.2) is 23.3 Å². The van der Waals surface area contributed by atoms with E-state index >= 15 is 0 Å². The third kappa shape index (κ3) is 2.58. The van der Waals surface area contributed by atoms with Crippen LogP contribution in [0, 0.1) is 11.3 Å². The van der Waals surface area contributed by atoms with Crippen LogP contribution in [0.25, 0.3) is 0 Å². The molecule has 1 N–H and O–H groups in total. The van der Waals surface area contributed by atoms with E-state index in [2.05, 4.69) is 4.98 Å². The highest BCUT2D eigenvalue weighted by atomic mass is 16.7. The molecule has 0 radical (unpaired) electrons. The highest BCUT2D eigenvalue weighted by Crippen LogP contribution is 2.36. The Morgan fingerprint density at radius 3 is 2.37 bits per heavy atom. The van der Waals surface area contributed by atoms with Crippen molar-refractivity contribution >= 4 is 12.7 Å². The number of hydrogen-bond donors (Lipinski definition) is 1. The molecule has 1 aromatic heterocycles. The summed E-state index contributed by atoms with van der Waals surface area (Å²) in [5.74, 6) is 0. The Bertz CT molecular complexity index is 570. The Labute approximate surface area is 112 Å². The van der Waals surface area contributed by atoms with Gasteiger partial charge in [0.15, 0.2) is 5.43 Å². The number of nitrogens with one attached hydrogen (secondary N) is 1. The average molecular weight is 260 g/mol. The van der Waals surface area contributed by atoms with Gasteiger partial charge in [-0.3, -0.25) is 4.79 Å². The number of aromatic nitrogens is 1. The van der Waals surface area contributed by atoms with Gasteiger partial charge in [-0.2, -0.15) is 5.26 Å². The normalized spacial score (nSPS) is 20.3. The second-order valence-electron chi connectivity index (χ2n) is 5.72. The lowest BCUT2D eigenvalue weighted by Crippen LogP contribution is -2.41. The molecule has 19 heavy (non-hydrogen) atoms. The first-order chi connectivity index (χ1) is 8.75. The number of nitrogens with zero attached hydrogens (tertiary/aromatic N) is 1. The zero-order valence-electron chi connectivity index (χ0n) is 11.6. The lowest BCUT2D eigenvalue weighted by molar-refractivity contribution is 0.00578. The first-order valence-corrected chi connectivity index (χ1v) is 6.21. The Morgan fingerprint density at radius 2 is 1.84 bits per heavy atom. The summed E-state index contributed by atoms with van der Waals surface area (Å²) in [7, 11) is -0.614. The van der Waals surface area contributed by atoms with E-state index in [-0.39, 0.29) is 11.8 Å². The Balaban J connectivity index is 2.35. The number of pyridine rings is 1. The predicted octanol–water partition coefficient (Wildman–Crippen LogP) is 0.740. The Kier molecular flexibility index (Phi) is 3.29. The molecule has 1 aromatic rings. The van der Waals surface area contributed by atoms with Gasteiger partial charge in [0, 0.05) is 23.4 Å². The predicted molar refractivity (Wildman–Crippen MR) is 72.1 cm³/mol. The van der Waals surface area contributed by atoms with Crippen LogP contribution >= 0.6 is 0 Å². The third-order valence-electron chi connectivity index (χ3n) is 3.70. The van der Waals surface area contributed by atoms with E-state index in [0.717, 1.165) is 0 Å². The lowest BCUT2D eigenvalue weighted by atomic mass is 9.84. The largest absolute Gasteiger partial charge is 0.512 e. The topological polar surface area (TPSA) is 75.1 Å². The SMILES string of the molecule is CC1(C)OB(c2cc(=O)cc(CC#N)[nH]2)OC1(C)C. The van der Waals surface area contributed by atoms with Gasteiger partial charge in [0.2, 0.25) is 0 Å². The molecule has 2 rings (SSSR count). The molecule has 0 aliphatic carbocycles. The summed E-state index contributed by atoms with van der Waals surface area (Å²) in [5, 5.41) is 8.70. The van der Waals surface area contributed by atoms with Crippen molar-refractivity contribution in [3.05, 3.63) is 28.0 Å². The van der Waals surface area contributed by atoms with Crippen molar-refractivity contribution in [1.82, 2.24) is 4.98 Å². The summed E-state index contributed by atoms with van der Waals surface area (Å²) in [4.78, 5) is 14.7. The molecule has 0 spiro atoms. The molecular formula is C13H17BN2O3. The molecule has 1 fully saturated rings. The fourth-order valence-corrected chi connectivity index (χ4v) is 1.90. The van der Waals surface area contributed by atoms with Crippen molar-refractivity contribution in [2.75, 3.05) is 0 Å². The van der Waals surface area contributed by atoms with E-state index in [1.807, 2.05) is 33.8 Å². The monoisotopic (exact) mass is 260 g/mol. The zero-order chi connectivity index (χ0) is 14.3. The van der Waals surface area contributed by atoms with Crippen LogP contribution in [0.15, 0.2) is 16.9 Å². The minimum atomic E-state index is -0.614. The van der Waals surface area contributed by atoms with E-state index in [1.165, 1.54) is 12.1 Å². The van der Waals surface area contributed by atoms with Crippen LogP contribution in [0.3, 0.4) is 0 Å².